The lowest BCUT2D eigenvalue weighted by molar-refractivity contribution is -0.545. The molecule has 3 nitrogen and oxygen atoms in total. The third-order valence-corrected chi connectivity index (χ3v) is 5.71. The smallest absolute Gasteiger partial charge is 0.184 e. The van der Waals surface area contributed by atoms with Crippen LogP contribution >= 0.6 is 0 Å². The van der Waals surface area contributed by atoms with Gasteiger partial charge in [0.25, 0.3) is 0 Å². The molecule has 3 rings (SSSR count). The Kier molecular flexibility index (Phi) is 9.03. The topological polar surface area (TPSA) is 21.5 Å². The highest BCUT2D eigenvalue weighted by Gasteiger charge is 2.27. The number of hydrogen-bond acceptors (Lipinski definition) is 2. The molecule has 0 atom stereocenters. The molecule has 0 unspecified atom stereocenters. The molecule has 0 saturated carbocycles. The van der Waals surface area contributed by atoms with Crippen LogP contribution in [0.2, 0.25) is 0 Å². The van der Waals surface area contributed by atoms with E-state index in [1.165, 1.54) is 53.6 Å². The van der Waals surface area contributed by atoms with E-state index in [1.807, 2.05) is 0 Å². The van der Waals surface area contributed by atoms with Crippen molar-refractivity contribution in [3.8, 4) is 11.5 Å². The van der Waals surface area contributed by atoms with Crippen LogP contribution in [0.15, 0.2) is 36.4 Å². The quantitative estimate of drug-likeness (QED) is 0.463. The van der Waals surface area contributed by atoms with Gasteiger partial charge in [0.1, 0.15) is 6.54 Å². The minimum atomic E-state index is 0. The van der Waals surface area contributed by atoms with Crippen molar-refractivity contribution in [1.29, 1.82) is 0 Å². The van der Waals surface area contributed by atoms with E-state index < -0.39 is 0 Å². The summed E-state index contributed by atoms with van der Waals surface area (Å²) in [5.74, 6) is 1.66. The molecule has 0 N–H and O–H groups in total. The number of aryl methyl sites for hydroxylation is 1. The number of hydrogen-bond donors (Lipinski definition) is 0. The van der Waals surface area contributed by atoms with E-state index in [1.54, 1.807) is 14.2 Å². The van der Waals surface area contributed by atoms with Gasteiger partial charge in [-0.3, -0.25) is 0 Å². The third kappa shape index (κ3) is 5.76. The molecule has 158 valence electrons. The Hall–Kier alpha value is -2.00. The summed E-state index contributed by atoms with van der Waals surface area (Å²) in [7, 11) is 3.43. The Balaban J connectivity index is 0.00000300. The summed E-state index contributed by atoms with van der Waals surface area (Å²) in [6.07, 6.45) is 7.27. The second-order valence-corrected chi connectivity index (χ2v) is 7.78. The average molecular weight is 416 g/mol. The lowest BCUT2D eigenvalue weighted by Crippen LogP contribution is -3.00. The van der Waals surface area contributed by atoms with Crippen molar-refractivity contribution >= 4 is 5.71 Å². The van der Waals surface area contributed by atoms with Crippen LogP contribution in [0, 0.1) is 6.92 Å². The Labute approximate surface area is 182 Å². The van der Waals surface area contributed by atoms with Gasteiger partial charge in [0, 0.05) is 24.0 Å². The van der Waals surface area contributed by atoms with Gasteiger partial charge < -0.3 is 21.9 Å². The van der Waals surface area contributed by atoms with Gasteiger partial charge in [0.05, 0.1) is 14.2 Å². The fraction of sp³-hybridized carbons (Fsp3) is 0.480. The van der Waals surface area contributed by atoms with Gasteiger partial charge in [-0.15, -0.1) is 0 Å². The molecule has 0 fully saturated rings. The Morgan fingerprint density at radius 2 is 1.62 bits per heavy atom. The molecule has 0 aliphatic carbocycles. The van der Waals surface area contributed by atoms with Crippen molar-refractivity contribution in [3.63, 3.8) is 0 Å². The highest BCUT2D eigenvalue weighted by molar-refractivity contribution is 5.99. The molecule has 0 radical (unpaired) electrons. The molecule has 0 aromatic heterocycles. The molecule has 1 aliphatic heterocycles. The highest BCUT2D eigenvalue weighted by Crippen LogP contribution is 2.33. The molecule has 0 spiro atoms. The maximum Gasteiger partial charge on any atom is 0.184 e. The molecular weight excluding hydrogens is 382 g/mol. The van der Waals surface area contributed by atoms with E-state index in [0.717, 1.165) is 37.4 Å². The molecule has 4 heteroatoms. The number of ether oxygens (including phenoxy) is 2. The summed E-state index contributed by atoms with van der Waals surface area (Å²) >= 11 is 0. The first kappa shape index (κ1) is 23.3. The van der Waals surface area contributed by atoms with Crippen LogP contribution < -0.4 is 21.9 Å². The van der Waals surface area contributed by atoms with Crippen molar-refractivity contribution in [2.45, 2.75) is 58.9 Å². The SMILES string of the molecule is CCCCCCC1=[N+](Cc2ccc(C)cc2)CCc2cc(OC)c(OC)cc21.[Cl-]. The molecule has 0 amide bonds. The second-order valence-electron chi connectivity index (χ2n) is 7.78. The zero-order chi connectivity index (χ0) is 19.9. The van der Waals surface area contributed by atoms with E-state index in [-0.39, 0.29) is 12.4 Å². The monoisotopic (exact) mass is 415 g/mol. The summed E-state index contributed by atoms with van der Waals surface area (Å²) < 4.78 is 13.7. The van der Waals surface area contributed by atoms with Crippen molar-refractivity contribution in [2.24, 2.45) is 0 Å². The molecule has 0 bridgehead atoms. The maximum absolute atomic E-state index is 5.60. The Morgan fingerprint density at radius 1 is 0.931 bits per heavy atom. The third-order valence-electron chi connectivity index (χ3n) is 5.71. The van der Waals surface area contributed by atoms with Crippen molar-refractivity contribution < 1.29 is 26.5 Å². The van der Waals surface area contributed by atoms with Crippen molar-refractivity contribution in [1.82, 2.24) is 0 Å². The maximum atomic E-state index is 5.60. The molecule has 1 aliphatic rings. The van der Waals surface area contributed by atoms with E-state index in [2.05, 4.69) is 54.8 Å². The predicted molar refractivity (Wildman–Crippen MR) is 116 cm³/mol. The predicted octanol–water partition coefficient (Wildman–Crippen LogP) is 2.54. The standard InChI is InChI=1S/C25H34NO2.ClH/c1-5-6-7-8-9-23-22-17-25(28-4)24(27-3)16-21(22)14-15-26(23)18-20-12-10-19(2)11-13-20;/h10-13,16-17H,5-9,14-15,18H2,1-4H3;1H/q+1;/p-1. The Morgan fingerprint density at radius 3 is 2.28 bits per heavy atom. The summed E-state index contributed by atoms with van der Waals surface area (Å²) in [6, 6.07) is 13.3. The van der Waals surface area contributed by atoms with Crippen LogP contribution in [0.5, 0.6) is 11.5 Å². The largest absolute Gasteiger partial charge is 1.00 e. The van der Waals surface area contributed by atoms with Gasteiger partial charge in [0.2, 0.25) is 0 Å². The lowest BCUT2D eigenvalue weighted by Gasteiger charge is -2.21. The van der Waals surface area contributed by atoms with Crippen molar-refractivity contribution in [3.05, 3.63) is 58.7 Å². The number of unbranched alkanes of at least 4 members (excludes halogenated alkanes) is 3. The average Bonchev–Trinajstić information content (AvgIpc) is 2.72. The lowest BCUT2D eigenvalue weighted by atomic mass is 9.92. The number of rotatable bonds is 9. The number of methoxy groups -OCH3 is 2. The number of halogens is 1. The first-order valence-electron chi connectivity index (χ1n) is 10.6. The minimum absolute atomic E-state index is 0. The zero-order valence-electron chi connectivity index (χ0n) is 18.3. The molecule has 29 heavy (non-hydrogen) atoms. The molecule has 2 aromatic rings. The molecule has 2 aromatic carbocycles. The van der Waals surface area contributed by atoms with Crippen LogP contribution in [0.3, 0.4) is 0 Å². The summed E-state index contributed by atoms with van der Waals surface area (Å²) in [5, 5.41) is 0. The normalized spacial score (nSPS) is 13.0. The Bertz CT molecular complexity index is 827. The minimum Gasteiger partial charge on any atom is -1.00 e. The van der Waals surface area contributed by atoms with Crippen LogP contribution in [0.1, 0.15) is 61.3 Å². The zero-order valence-corrected chi connectivity index (χ0v) is 19.0. The van der Waals surface area contributed by atoms with E-state index in [9.17, 15) is 0 Å². The van der Waals surface area contributed by atoms with E-state index >= 15 is 0 Å². The van der Waals surface area contributed by atoms with Gasteiger partial charge in [-0.2, -0.15) is 0 Å². The number of benzene rings is 2. The van der Waals surface area contributed by atoms with Gasteiger partial charge in [-0.05, 0) is 31.0 Å². The molecule has 0 saturated heterocycles. The fourth-order valence-corrected chi connectivity index (χ4v) is 4.06. The first-order valence-corrected chi connectivity index (χ1v) is 10.6. The number of nitrogens with zero attached hydrogens (tertiary/aromatic N) is 1. The fourth-order valence-electron chi connectivity index (χ4n) is 4.06. The first-order chi connectivity index (χ1) is 13.7. The molecule has 1 heterocycles. The number of fused-ring (bicyclic) bond motifs is 1. The second kappa shape index (κ2) is 11.3. The van der Waals surface area contributed by atoms with Crippen LogP contribution in [-0.4, -0.2) is 31.1 Å². The van der Waals surface area contributed by atoms with E-state index in [4.69, 9.17) is 9.47 Å². The van der Waals surface area contributed by atoms with E-state index in [0.29, 0.717) is 0 Å². The van der Waals surface area contributed by atoms with Crippen LogP contribution in [-0.2, 0) is 13.0 Å². The van der Waals surface area contributed by atoms with Gasteiger partial charge >= 0.3 is 0 Å². The van der Waals surface area contributed by atoms with Gasteiger partial charge in [-0.25, -0.2) is 4.58 Å². The summed E-state index contributed by atoms with van der Waals surface area (Å²) in [5.41, 5.74) is 6.86. The molecular formula is C25H34ClNO2. The van der Waals surface area contributed by atoms with Crippen LogP contribution in [0.25, 0.3) is 0 Å². The van der Waals surface area contributed by atoms with Gasteiger partial charge in [-0.1, -0.05) is 56.0 Å². The van der Waals surface area contributed by atoms with Crippen LogP contribution in [0.4, 0.5) is 0 Å². The van der Waals surface area contributed by atoms with Crippen molar-refractivity contribution in [2.75, 3.05) is 20.8 Å². The summed E-state index contributed by atoms with van der Waals surface area (Å²) in [4.78, 5) is 0. The van der Waals surface area contributed by atoms with Gasteiger partial charge in [0.15, 0.2) is 23.8 Å². The summed E-state index contributed by atoms with van der Waals surface area (Å²) in [6.45, 7) is 6.44. The highest BCUT2D eigenvalue weighted by atomic mass is 35.5.